The van der Waals surface area contributed by atoms with Gasteiger partial charge in [0.2, 0.25) is 0 Å². The number of hydrogen-bond donors (Lipinski definition) is 0. The van der Waals surface area contributed by atoms with Crippen LogP contribution in [-0.4, -0.2) is 42.0 Å². The Kier molecular flexibility index (Phi) is 6.05. The number of rotatable bonds is 5. The summed E-state index contributed by atoms with van der Waals surface area (Å²) in [6.45, 7) is 2.15. The van der Waals surface area contributed by atoms with E-state index in [0.29, 0.717) is 13.0 Å². The lowest BCUT2D eigenvalue weighted by Gasteiger charge is -2.20. The summed E-state index contributed by atoms with van der Waals surface area (Å²) in [6, 6.07) is 2.98. The van der Waals surface area contributed by atoms with Crippen molar-refractivity contribution in [3.63, 3.8) is 0 Å². The number of hydrogen-bond acceptors (Lipinski definition) is 4. The molecule has 0 radical (unpaired) electrons. The quantitative estimate of drug-likeness (QED) is 0.619. The number of pyridine rings is 1. The first-order valence-electron chi connectivity index (χ1n) is 5.67. The maximum atomic E-state index is 12.3. The summed E-state index contributed by atoms with van der Waals surface area (Å²) in [6.07, 6.45) is 0.695. The van der Waals surface area contributed by atoms with E-state index in [2.05, 4.69) is 9.72 Å². The van der Waals surface area contributed by atoms with Gasteiger partial charge in [0, 0.05) is 6.54 Å². The lowest BCUT2D eigenvalue weighted by molar-refractivity contribution is -0.141. The van der Waals surface area contributed by atoms with Crippen LogP contribution in [0.15, 0.2) is 12.1 Å². The van der Waals surface area contributed by atoms with E-state index >= 15 is 0 Å². The number of carbonyl (C=O) groups is 2. The molecule has 1 amide bonds. The summed E-state index contributed by atoms with van der Waals surface area (Å²) >= 11 is 11.7. The fraction of sp³-hybridized carbons (Fsp3) is 0.417. The van der Waals surface area contributed by atoms with E-state index in [9.17, 15) is 9.59 Å². The highest BCUT2D eigenvalue weighted by Gasteiger charge is 2.22. The average Bonchev–Trinajstić information content (AvgIpc) is 2.40. The first-order chi connectivity index (χ1) is 8.99. The van der Waals surface area contributed by atoms with Gasteiger partial charge in [-0.05, 0) is 18.6 Å². The largest absolute Gasteiger partial charge is 0.468 e. The normalized spacial score (nSPS) is 10.1. The third-order valence-corrected chi connectivity index (χ3v) is 2.86. The second kappa shape index (κ2) is 7.31. The molecule has 0 bridgehead atoms. The van der Waals surface area contributed by atoms with Gasteiger partial charge in [-0.2, -0.15) is 0 Å². The van der Waals surface area contributed by atoms with Gasteiger partial charge in [0.25, 0.3) is 5.91 Å². The van der Waals surface area contributed by atoms with Gasteiger partial charge in [0.15, 0.2) is 0 Å². The Balaban J connectivity index is 2.98. The molecule has 0 N–H and O–H groups in total. The van der Waals surface area contributed by atoms with Crippen molar-refractivity contribution >= 4 is 35.1 Å². The third-order valence-electron chi connectivity index (χ3n) is 2.34. The first kappa shape index (κ1) is 15.7. The Labute approximate surface area is 121 Å². The average molecular weight is 305 g/mol. The number of esters is 1. The molecule has 1 rings (SSSR count). The van der Waals surface area contributed by atoms with E-state index in [-0.39, 0.29) is 22.4 Å². The minimum absolute atomic E-state index is 0.0338. The van der Waals surface area contributed by atoms with Crippen LogP contribution >= 0.6 is 23.2 Å². The predicted octanol–water partition coefficient (Wildman–Crippen LogP) is 2.41. The Morgan fingerprint density at radius 1 is 1.37 bits per heavy atom. The van der Waals surface area contributed by atoms with Crippen LogP contribution in [0.25, 0.3) is 0 Å². The van der Waals surface area contributed by atoms with Crippen molar-refractivity contribution in [2.75, 3.05) is 20.2 Å². The minimum atomic E-state index is -0.500. The lowest BCUT2D eigenvalue weighted by atomic mass is 10.3. The van der Waals surface area contributed by atoms with Crippen LogP contribution in [0, 0.1) is 0 Å². The molecular weight excluding hydrogens is 291 g/mol. The maximum absolute atomic E-state index is 12.3. The van der Waals surface area contributed by atoms with Crippen molar-refractivity contribution in [2.24, 2.45) is 0 Å². The molecule has 0 spiro atoms. The van der Waals surface area contributed by atoms with E-state index in [1.807, 2.05) is 6.92 Å². The molecule has 0 unspecified atom stereocenters. The summed E-state index contributed by atoms with van der Waals surface area (Å²) in [5.41, 5.74) is 0.0338. The molecule has 0 aliphatic heterocycles. The van der Waals surface area contributed by atoms with Crippen molar-refractivity contribution in [1.82, 2.24) is 9.88 Å². The number of methoxy groups -OCH3 is 1. The smallest absolute Gasteiger partial charge is 0.325 e. The van der Waals surface area contributed by atoms with Gasteiger partial charge in [0.1, 0.15) is 17.4 Å². The molecule has 0 aromatic carbocycles. The molecule has 104 valence electrons. The van der Waals surface area contributed by atoms with E-state index in [0.717, 1.165) is 0 Å². The second-order valence-electron chi connectivity index (χ2n) is 3.77. The molecule has 7 heteroatoms. The van der Waals surface area contributed by atoms with Crippen LogP contribution in [-0.2, 0) is 9.53 Å². The molecular formula is C12H14Cl2N2O3. The zero-order valence-corrected chi connectivity index (χ0v) is 12.2. The lowest BCUT2D eigenvalue weighted by Crippen LogP contribution is -2.37. The van der Waals surface area contributed by atoms with E-state index < -0.39 is 11.9 Å². The van der Waals surface area contributed by atoms with Crippen molar-refractivity contribution in [3.8, 4) is 0 Å². The maximum Gasteiger partial charge on any atom is 0.325 e. The Bertz CT molecular complexity index is 480. The Morgan fingerprint density at radius 2 is 2.05 bits per heavy atom. The highest BCUT2D eigenvalue weighted by molar-refractivity contribution is 6.34. The molecule has 0 saturated heterocycles. The monoisotopic (exact) mass is 304 g/mol. The summed E-state index contributed by atoms with van der Waals surface area (Å²) in [4.78, 5) is 28.8. The predicted molar refractivity (Wildman–Crippen MR) is 72.5 cm³/mol. The van der Waals surface area contributed by atoms with Gasteiger partial charge in [-0.3, -0.25) is 9.59 Å². The fourth-order valence-electron chi connectivity index (χ4n) is 1.46. The van der Waals surface area contributed by atoms with Crippen LogP contribution in [0.4, 0.5) is 0 Å². The number of carbonyl (C=O) groups excluding carboxylic acids is 2. The van der Waals surface area contributed by atoms with Gasteiger partial charge >= 0.3 is 5.97 Å². The van der Waals surface area contributed by atoms with Gasteiger partial charge in [-0.15, -0.1) is 0 Å². The van der Waals surface area contributed by atoms with E-state index in [1.54, 1.807) is 0 Å². The van der Waals surface area contributed by atoms with Gasteiger partial charge < -0.3 is 9.64 Å². The minimum Gasteiger partial charge on any atom is -0.468 e. The molecule has 0 aliphatic rings. The van der Waals surface area contributed by atoms with Crippen molar-refractivity contribution in [3.05, 3.63) is 28.0 Å². The fourth-order valence-corrected chi connectivity index (χ4v) is 1.79. The van der Waals surface area contributed by atoms with Gasteiger partial charge in [0.05, 0.1) is 12.1 Å². The standard InChI is InChI=1S/C12H14Cl2N2O3/c1-3-6-16(7-10(17)19-2)12(18)11-8(13)4-5-9(14)15-11/h4-5H,3,6-7H2,1-2H3. The number of amides is 1. The first-order valence-corrected chi connectivity index (χ1v) is 6.43. The van der Waals surface area contributed by atoms with Crippen LogP contribution in [0.3, 0.4) is 0 Å². The zero-order chi connectivity index (χ0) is 14.4. The molecule has 5 nitrogen and oxygen atoms in total. The molecule has 1 aromatic rings. The summed E-state index contributed by atoms with van der Waals surface area (Å²) < 4.78 is 4.55. The second-order valence-corrected chi connectivity index (χ2v) is 4.56. The number of ether oxygens (including phenoxy) is 1. The molecule has 1 heterocycles. The Hall–Kier alpha value is -1.33. The highest BCUT2D eigenvalue weighted by atomic mass is 35.5. The summed E-state index contributed by atoms with van der Waals surface area (Å²) in [5.74, 6) is -0.945. The number of aromatic nitrogens is 1. The van der Waals surface area contributed by atoms with Crippen molar-refractivity contribution in [1.29, 1.82) is 0 Å². The van der Waals surface area contributed by atoms with Crippen LogP contribution < -0.4 is 0 Å². The molecule has 0 saturated carbocycles. The van der Waals surface area contributed by atoms with E-state index in [1.165, 1.54) is 24.1 Å². The topological polar surface area (TPSA) is 59.5 Å². The molecule has 1 aromatic heterocycles. The highest BCUT2D eigenvalue weighted by Crippen LogP contribution is 2.18. The third kappa shape index (κ3) is 4.36. The molecule has 0 atom stereocenters. The van der Waals surface area contributed by atoms with E-state index in [4.69, 9.17) is 23.2 Å². The molecule has 0 aliphatic carbocycles. The Morgan fingerprint density at radius 3 is 2.63 bits per heavy atom. The number of halogens is 2. The zero-order valence-electron chi connectivity index (χ0n) is 10.7. The summed E-state index contributed by atoms with van der Waals surface area (Å²) in [5, 5.41) is 0.364. The van der Waals surface area contributed by atoms with Crippen molar-refractivity contribution < 1.29 is 14.3 Å². The van der Waals surface area contributed by atoms with Crippen molar-refractivity contribution in [2.45, 2.75) is 13.3 Å². The number of nitrogens with zero attached hydrogens (tertiary/aromatic N) is 2. The van der Waals surface area contributed by atoms with Crippen LogP contribution in [0.1, 0.15) is 23.8 Å². The van der Waals surface area contributed by atoms with Crippen LogP contribution in [0.5, 0.6) is 0 Å². The molecule has 0 fully saturated rings. The van der Waals surface area contributed by atoms with Crippen LogP contribution in [0.2, 0.25) is 10.2 Å². The van der Waals surface area contributed by atoms with Gasteiger partial charge in [-0.1, -0.05) is 30.1 Å². The SMILES string of the molecule is CCCN(CC(=O)OC)C(=O)c1nc(Cl)ccc1Cl. The summed E-state index contributed by atoms with van der Waals surface area (Å²) in [7, 11) is 1.27. The van der Waals surface area contributed by atoms with Gasteiger partial charge in [-0.25, -0.2) is 4.98 Å². The molecule has 19 heavy (non-hydrogen) atoms.